The second-order valence-electron chi connectivity index (χ2n) is 3.06. The number of hydrogen-bond donors (Lipinski definition) is 1. The Hall–Kier alpha value is -0.830. The van der Waals surface area contributed by atoms with Crippen LogP contribution in [-0.2, 0) is 7.05 Å². The van der Waals surface area contributed by atoms with E-state index in [1.807, 2.05) is 0 Å². The third-order valence-electron chi connectivity index (χ3n) is 2.26. The van der Waals surface area contributed by atoms with Crippen LogP contribution in [-0.4, -0.2) is 11.2 Å². The summed E-state index contributed by atoms with van der Waals surface area (Å²) in [6.45, 7) is 1.16. The van der Waals surface area contributed by atoms with Gasteiger partial charge < -0.3 is 0 Å². The van der Waals surface area contributed by atoms with Crippen LogP contribution in [0.25, 0.3) is 0 Å². The molecule has 1 unspecified atom stereocenters. The molecule has 0 saturated carbocycles. The molecule has 0 amide bonds. The highest BCUT2D eigenvalue weighted by molar-refractivity contribution is 4.77. The van der Waals surface area contributed by atoms with E-state index in [9.17, 15) is 0 Å². The van der Waals surface area contributed by atoms with Crippen LogP contribution >= 0.6 is 0 Å². The minimum atomic E-state index is 0.523. The molecule has 0 radical (unpaired) electrons. The maximum atomic E-state index is 3.44. The van der Waals surface area contributed by atoms with Crippen molar-refractivity contribution in [3.05, 3.63) is 18.5 Å². The molecule has 1 fully saturated rings. The van der Waals surface area contributed by atoms with E-state index in [1.54, 1.807) is 0 Å². The lowest BCUT2D eigenvalue weighted by atomic mass is 10.3. The van der Waals surface area contributed by atoms with Gasteiger partial charge in [0, 0.05) is 6.07 Å². The third-order valence-corrected chi connectivity index (χ3v) is 2.26. The molecule has 0 aliphatic carbocycles. The molecular formula is C8H14N3+. The first-order chi connectivity index (χ1) is 5.38. The lowest BCUT2D eigenvalue weighted by Gasteiger charge is -2.07. The molecule has 1 aromatic rings. The van der Waals surface area contributed by atoms with Crippen LogP contribution in [0.15, 0.2) is 18.5 Å². The van der Waals surface area contributed by atoms with Gasteiger partial charge in [-0.05, 0) is 19.4 Å². The molecule has 2 heterocycles. The molecule has 60 valence electrons. The largest absolute Gasteiger partial charge is 0.292 e. The van der Waals surface area contributed by atoms with Crippen molar-refractivity contribution >= 4 is 0 Å². The molecule has 1 aliphatic rings. The summed E-state index contributed by atoms with van der Waals surface area (Å²) < 4.78 is 4.34. The van der Waals surface area contributed by atoms with Gasteiger partial charge in [0.1, 0.15) is 6.17 Å². The van der Waals surface area contributed by atoms with Gasteiger partial charge in [0.05, 0.1) is 6.20 Å². The van der Waals surface area contributed by atoms with Gasteiger partial charge in [0.25, 0.3) is 0 Å². The number of nitrogens with zero attached hydrogens (tertiary/aromatic N) is 2. The lowest BCUT2D eigenvalue weighted by molar-refractivity contribution is -0.756. The fourth-order valence-electron chi connectivity index (χ4n) is 1.65. The van der Waals surface area contributed by atoms with Crippen LogP contribution in [0.5, 0.6) is 0 Å². The van der Waals surface area contributed by atoms with Crippen LogP contribution < -0.4 is 10.00 Å². The van der Waals surface area contributed by atoms with E-state index in [-0.39, 0.29) is 0 Å². The Labute approximate surface area is 66.6 Å². The summed E-state index contributed by atoms with van der Waals surface area (Å²) in [6.07, 6.45) is 7.25. The van der Waals surface area contributed by atoms with E-state index in [0.29, 0.717) is 6.17 Å². The maximum Gasteiger partial charge on any atom is 0.195 e. The Morgan fingerprint density at radius 3 is 3.09 bits per heavy atom. The van der Waals surface area contributed by atoms with E-state index in [2.05, 4.69) is 40.2 Å². The van der Waals surface area contributed by atoms with Crippen molar-refractivity contribution < 1.29 is 4.68 Å². The van der Waals surface area contributed by atoms with Gasteiger partial charge in [0.2, 0.25) is 0 Å². The normalized spacial score (nSPS) is 24.3. The molecule has 1 atom stereocenters. The number of nitrogens with one attached hydrogen (secondary N) is 1. The molecule has 2 rings (SSSR count). The van der Waals surface area contributed by atoms with Gasteiger partial charge >= 0.3 is 0 Å². The predicted octanol–water partition coefficient (Wildman–Crippen LogP) is 0.195. The van der Waals surface area contributed by atoms with E-state index >= 15 is 0 Å². The van der Waals surface area contributed by atoms with E-state index in [1.165, 1.54) is 12.8 Å². The van der Waals surface area contributed by atoms with Crippen molar-refractivity contribution in [1.82, 2.24) is 10.00 Å². The second kappa shape index (κ2) is 2.66. The van der Waals surface area contributed by atoms with E-state index in [0.717, 1.165) is 6.54 Å². The topological polar surface area (TPSA) is 20.8 Å². The molecule has 0 spiro atoms. The molecule has 1 aromatic heterocycles. The maximum absolute atomic E-state index is 3.44. The van der Waals surface area contributed by atoms with Gasteiger partial charge in [-0.25, -0.2) is 0 Å². The summed E-state index contributed by atoms with van der Waals surface area (Å²) in [7, 11) is 2.07. The molecule has 0 aromatic carbocycles. The van der Waals surface area contributed by atoms with Crippen LogP contribution in [0.2, 0.25) is 0 Å². The molecule has 1 N–H and O–H groups in total. The minimum Gasteiger partial charge on any atom is -0.292 e. The number of hydrogen-bond acceptors (Lipinski definition) is 1. The molecule has 1 aliphatic heterocycles. The predicted molar refractivity (Wildman–Crippen MR) is 41.9 cm³/mol. The smallest absolute Gasteiger partial charge is 0.195 e. The standard InChI is InChI=1S/C8H14N3/c1-10-6-3-7-11(10)8-4-2-5-9-8/h3,6-9H,2,4-5H2,1H3/q+1. The highest BCUT2D eigenvalue weighted by Gasteiger charge is 2.19. The van der Waals surface area contributed by atoms with Crippen molar-refractivity contribution in [3.8, 4) is 0 Å². The molecule has 3 heteroatoms. The second-order valence-corrected chi connectivity index (χ2v) is 3.06. The number of aryl methyl sites for hydroxylation is 1. The third kappa shape index (κ3) is 1.16. The summed E-state index contributed by atoms with van der Waals surface area (Å²) in [5, 5.41) is 3.44. The van der Waals surface area contributed by atoms with Crippen LogP contribution in [0.3, 0.4) is 0 Å². The Morgan fingerprint density at radius 1 is 1.64 bits per heavy atom. The molecule has 11 heavy (non-hydrogen) atoms. The van der Waals surface area contributed by atoms with Gasteiger partial charge in [-0.2, -0.15) is 0 Å². The van der Waals surface area contributed by atoms with E-state index in [4.69, 9.17) is 0 Å². The van der Waals surface area contributed by atoms with Crippen molar-refractivity contribution in [3.63, 3.8) is 0 Å². The Morgan fingerprint density at radius 2 is 2.55 bits per heavy atom. The van der Waals surface area contributed by atoms with Gasteiger partial charge in [0.15, 0.2) is 13.2 Å². The Balaban J connectivity index is 2.21. The molecule has 3 nitrogen and oxygen atoms in total. The fourth-order valence-corrected chi connectivity index (χ4v) is 1.65. The minimum absolute atomic E-state index is 0.523. The first kappa shape index (κ1) is 6.85. The Bertz CT molecular complexity index is 235. The fraction of sp³-hybridized carbons (Fsp3) is 0.625. The zero-order chi connectivity index (χ0) is 7.68. The van der Waals surface area contributed by atoms with Crippen molar-refractivity contribution in [1.29, 1.82) is 0 Å². The van der Waals surface area contributed by atoms with Gasteiger partial charge in [-0.3, -0.25) is 5.32 Å². The molecular weight excluding hydrogens is 138 g/mol. The van der Waals surface area contributed by atoms with Gasteiger partial charge in [-0.15, -0.1) is 9.36 Å². The molecule has 1 saturated heterocycles. The van der Waals surface area contributed by atoms with Crippen LogP contribution in [0.1, 0.15) is 19.0 Å². The first-order valence-corrected chi connectivity index (χ1v) is 4.14. The van der Waals surface area contributed by atoms with Crippen molar-refractivity contribution in [2.45, 2.75) is 19.0 Å². The first-order valence-electron chi connectivity index (χ1n) is 4.14. The molecule has 0 bridgehead atoms. The van der Waals surface area contributed by atoms with Crippen molar-refractivity contribution in [2.75, 3.05) is 6.54 Å². The van der Waals surface area contributed by atoms with Crippen LogP contribution in [0, 0.1) is 0 Å². The average molecular weight is 152 g/mol. The van der Waals surface area contributed by atoms with Crippen LogP contribution in [0.4, 0.5) is 0 Å². The highest BCUT2D eigenvalue weighted by Crippen LogP contribution is 2.13. The summed E-state index contributed by atoms with van der Waals surface area (Å²) >= 11 is 0. The van der Waals surface area contributed by atoms with Gasteiger partial charge in [-0.1, -0.05) is 0 Å². The highest BCUT2D eigenvalue weighted by atomic mass is 15.4. The quantitative estimate of drug-likeness (QED) is 0.570. The zero-order valence-electron chi connectivity index (χ0n) is 6.83. The summed E-state index contributed by atoms with van der Waals surface area (Å²) in [5.74, 6) is 0. The number of aromatic nitrogens is 2. The number of rotatable bonds is 1. The lowest BCUT2D eigenvalue weighted by Crippen LogP contribution is -2.42. The SMILES string of the molecule is C[n+]1cccn1C1CCCN1. The Kier molecular flexibility index (Phi) is 1.66. The zero-order valence-corrected chi connectivity index (χ0v) is 6.83. The summed E-state index contributed by atoms with van der Waals surface area (Å²) in [4.78, 5) is 0. The monoisotopic (exact) mass is 152 g/mol. The van der Waals surface area contributed by atoms with E-state index < -0.39 is 0 Å². The summed E-state index contributed by atoms with van der Waals surface area (Å²) in [5.41, 5.74) is 0. The summed E-state index contributed by atoms with van der Waals surface area (Å²) in [6, 6.07) is 2.07. The van der Waals surface area contributed by atoms with Crippen molar-refractivity contribution in [2.24, 2.45) is 7.05 Å². The average Bonchev–Trinajstić information content (AvgIpc) is 2.55.